The number of hydrogen-bond donors (Lipinski definition) is 3. The Morgan fingerprint density at radius 2 is 0.955 bits per heavy atom. The molecule has 0 saturated heterocycles. The summed E-state index contributed by atoms with van der Waals surface area (Å²) in [6.07, 6.45) is 6.49. The minimum absolute atomic E-state index is 0.0293. The molecule has 3 aromatic carbocycles. The van der Waals surface area contributed by atoms with Crippen LogP contribution < -0.4 is 0 Å². The fourth-order valence-corrected chi connectivity index (χ4v) is 8.35. The van der Waals surface area contributed by atoms with Gasteiger partial charge in [0.05, 0.1) is 33.7 Å². The van der Waals surface area contributed by atoms with E-state index in [1.807, 2.05) is 0 Å². The van der Waals surface area contributed by atoms with Crippen LogP contribution in [0.2, 0.25) is 0 Å². The number of allylic oxidation sites excluding steroid dienone is 2. The van der Waals surface area contributed by atoms with Crippen molar-refractivity contribution in [2.24, 2.45) is 4.99 Å². The summed E-state index contributed by atoms with van der Waals surface area (Å²) in [7, 11) is -2.97. The van der Waals surface area contributed by atoms with Crippen LogP contribution in [0.3, 0.4) is 0 Å². The third-order valence-corrected chi connectivity index (χ3v) is 11.6. The molecule has 7 heterocycles. The molecule has 0 saturated carbocycles. The molecule has 0 amide bonds. The van der Waals surface area contributed by atoms with E-state index in [9.17, 15) is 35.0 Å². The first-order valence-corrected chi connectivity index (χ1v) is 20.0. The first kappa shape index (κ1) is 42.5. The number of aromatic nitrogens is 5. The van der Waals surface area contributed by atoms with Crippen LogP contribution in [0.4, 0.5) is 52.5 Å². The maximum Gasteiger partial charge on any atom is 0.677 e. The van der Waals surface area contributed by atoms with Gasteiger partial charge >= 0.3 is 7.40 Å². The van der Waals surface area contributed by atoms with Gasteiger partial charge in [-0.1, -0.05) is 28.1 Å². The second-order valence-corrected chi connectivity index (χ2v) is 15.7. The third kappa shape index (κ3) is 6.68. The lowest BCUT2D eigenvalue weighted by atomic mass is 9.98. The Hall–Kier alpha value is -7.48. The van der Waals surface area contributed by atoms with Gasteiger partial charge in [0.15, 0.2) is 46.5 Å². The lowest BCUT2D eigenvalue weighted by Gasteiger charge is -2.13. The summed E-state index contributed by atoms with van der Waals surface area (Å²) < 4.78 is 182. The molecular formula is C46H20BBrF12N6. The van der Waals surface area contributed by atoms with Crippen molar-refractivity contribution in [1.82, 2.24) is 24.4 Å². The molecule has 10 rings (SSSR count). The molecule has 8 bridgehead atoms. The zero-order valence-corrected chi connectivity index (χ0v) is 34.2. The van der Waals surface area contributed by atoms with Crippen LogP contribution in [-0.2, 0) is 0 Å². The molecule has 0 spiro atoms. The highest BCUT2D eigenvalue weighted by Crippen LogP contribution is 2.41. The average Bonchev–Trinajstić information content (AvgIpc) is 4.17. The lowest BCUT2D eigenvalue weighted by Crippen LogP contribution is -2.15. The summed E-state index contributed by atoms with van der Waals surface area (Å²) in [6.45, 7) is 0. The van der Waals surface area contributed by atoms with Crippen molar-refractivity contribution in [3.8, 4) is 22.3 Å². The SMILES string of the molecule is FB(F)n1cccc1/C(=C1\C=C(c2c3ccc([nH]3)c(-c3c(F)c(F)c(F)c(F)c3F)c3nc(c4ccc([nH]4)c(-c4c(F)c(F)c(F)c(F)c4F)c4ccc2[nH]4)C=C3)C=N1)c1ccc(Br)cc1. The van der Waals surface area contributed by atoms with Gasteiger partial charge in [-0.05, 0) is 90.7 Å². The normalized spacial score (nSPS) is 13.7. The zero-order chi connectivity index (χ0) is 46.5. The van der Waals surface area contributed by atoms with Crippen molar-refractivity contribution in [1.29, 1.82) is 0 Å². The Bertz CT molecular complexity index is 3600. The molecular weight excluding hydrogens is 955 g/mol. The van der Waals surface area contributed by atoms with Gasteiger partial charge in [0, 0.05) is 71.8 Å². The second kappa shape index (κ2) is 15.9. The maximum absolute atomic E-state index is 15.8. The van der Waals surface area contributed by atoms with Crippen molar-refractivity contribution in [3.63, 3.8) is 0 Å². The first-order chi connectivity index (χ1) is 31.6. The van der Waals surface area contributed by atoms with Crippen LogP contribution in [-0.4, -0.2) is 38.0 Å². The number of hydrogen-bond acceptors (Lipinski definition) is 2. The van der Waals surface area contributed by atoms with Crippen LogP contribution in [0, 0.1) is 58.2 Å². The number of aliphatic imine (C=N–C) groups is 1. The van der Waals surface area contributed by atoms with Crippen molar-refractivity contribution >= 4 is 85.9 Å². The predicted molar refractivity (Wildman–Crippen MR) is 230 cm³/mol. The third-order valence-electron chi connectivity index (χ3n) is 11.1. The molecule has 0 unspecified atom stereocenters. The van der Waals surface area contributed by atoms with Gasteiger partial charge in [0.25, 0.3) is 0 Å². The Morgan fingerprint density at radius 3 is 1.50 bits per heavy atom. The van der Waals surface area contributed by atoms with Crippen molar-refractivity contribution < 1.29 is 52.5 Å². The molecule has 2 aliphatic heterocycles. The first-order valence-electron chi connectivity index (χ1n) is 19.2. The van der Waals surface area contributed by atoms with Crippen LogP contribution in [0.5, 0.6) is 0 Å². The molecule has 3 N–H and O–H groups in total. The molecule has 0 fully saturated rings. The number of halogens is 13. The minimum atomic E-state index is -2.97. The summed E-state index contributed by atoms with van der Waals surface area (Å²) in [4.78, 5) is 17.8. The Balaban J connectivity index is 1.36. The van der Waals surface area contributed by atoms with E-state index in [4.69, 9.17) is 0 Å². The van der Waals surface area contributed by atoms with Gasteiger partial charge in [-0.15, -0.1) is 0 Å². The standard InChI is InChI=1S/C46H20BBrF12N6/c48-20-5-3-18(4-6-20)32(30-2-1-15-66(30)47(59)60)29-16-19(17-61-29)31-23-11-13-27(64-23)33(35-37(49)41(53)45(57)42(54)38(35)50)25-9-7-21(62-25)22-8-10-26(63-22)34(28-14-12-24(31)65-28)36-39(51)43(55)46(58)44(56)40(36)52/h1-17,62,64-65H/b22-21?,31-23?,31-24?,32-29+,33-25?,33-27?,34-26?,34-28?. The summed E-state index contributed by atoms with van der Waals surface area (Å²) in [5, 5.41) is 0. The second-order valence-electron chi connectivity index (χ2n) is 14.8. The van der Waals surface area contributed by atoms with E-state index in [1.54, 1.807) is 24.3 Å². The van der Waals surface area contributed by atoms with Crippen LogP contribution in [0.25, 0.3) is 78.7 Å². The monoisotopic (exact) mass is 974 g/mol. The Kier molecular flexibility index (Phi) is 10.2. The zero-order valence-electron chi connectivity index (χ0n) is 32.6. The molecule has 8 aromatic rings. The van der Waals surface area contributed by atoms with Crippen LogP contribution >= 0.6 is 15.9 Å². The molecule has 328 valence electrons. The molecule has 5 aromatic heterocycles. The smallest absolute Gasteiger partial charge is 0.354 e. The number of fused-ring (bicyclic) bond motifs is 9. The summed E-state index contributed by atoms with van der Waals surface area (Å²) in [5.41, 5.74) is -3.55. The fraction of sp³-hybridized carbons (Fsp3) is 0. The van der Waals surface area contributed by atoms with Crippen LogP contribution in [0.15, 0.2) is 100 Å². The van der Waals surface area contributed by atoms with Gasteiger partial charge in [0.1, 0.15) is 0 Å². The highest BCUT2D eigenvalue weighted by Gasteiger charge is 2.32. The lowest BCUT2D eigenvalue weighted by molar-refractivity contribution is 0.381. The van der Waals surface area contributed by atoms with Crippen molar-refractivity contribution in [2.45, 2.75) is 0 Å². The number of benzene rings is 3. The molecule has 6 nitrogen and oxygen atoms in total. The van der Waals surface area contributed by atoms with Gasteiger partial charge in [-0.25, -0.2) is 48.9 Å². The largest absolute Gasteiger partial charge is 0.677 e. The summed E-state index contributed by atoms with van der Waals surface area (Å²) in [5.74, 6) is -22.5. The summed E-state index contributed by atoms with van der Waals surface area (Å²) >= 11 is 3.37. The topological polar surface area (TPSA) is 77.5 Å². The average molecular weight is 975 g/mol. The Labute approximate surface area is 370 Å². The molecule has 0 atom stereocenters. The molecule has 20 heteroatoms. The van der Waals surface area contributed by atoms with E-state index in [1.165, 1.54) is 79.2 Å². The number of H-pyrrole nitrogens is 3. The van der Waals surface area contributed by atoms with E-state index in [0.29, 0.717) is 10.0 Å². The summed E-state index contributed by atoms with van der Waals surface area (Å²) in [6, 6.07) is 17.4. The van der Waals surface area contributed by atoms with Crippen molar-refractivity contribution in [3.05, 3.63) is 182 Å². The molecule has 66 heavy (non-hydrogen) atoms. The van der Waals surface area contributed by atoms with Gasteiger partial charge in [-0.3, -0.25) is 13.6 Å². The predicted octanol–water partition coefficient (Wildman–Crippen LogP) is 13.7. The van der Waals surface area contributed by atoms with E-state index in [2.05, 4.69) is 40.9 Å². The van der Waals surface area contributed by atoms with Crippen molar-refractivity contribution in [2.75, 3.05) is 0 Å². The van der Waals surface area contributed by atoms with Gasteiger partial charge in [-0.2, -0.15) is 0 Å². The van der Waals surface area contributed by atoms with Crippen LogP contribution in [0.1, 0.15) is 28.2 Å². The molecule has 0 radical (unpaired) electrons. The number of nitrogens with one attached hydrogen (secondary N) is 3. The quantitative estimate of drug-likeness (QED) is 0.0660. The number of aromatic amines is 3. The number of rotatable bonds is 6. The van der Waals surface area contributed by atoms with Gasteiger partial charge < -0.3 is 19.4 Å². The maximum atomic E-state index is 15.8. The van der Waals surface area contributed by atoms with E-state index >= 15 is 17.6 Å². The van der Waals surface area contributed by atoms with E-state index in [-0.39, 0.29) is 72.6 Å². The fourth-order valence-electron chi connectivity index (χ4n) is 8.09. The van der Waals surface area contributed by atoms with Gasteiger partial charge in [0.2, 0.25) is 11.6 Å². The van der Waals surface area contributed by atoms with E-state index in [0.717, 1.165) is 4.48 Å². The molecule has 2 aliphatic rings. The number of nitrogens with zero attached hydrogens (tertiary/aromatic N) is 3. The Morgan fingerprint density at radius 1 is 0.500 bits per heavy atom. The van der Waals surface area contributed by atoms with E-state index < -0.39 is 87.8 Å². The molecule has 0 aliphatic carbocycles. The highest BCUT2D eigenvalue weighted by atomic mass is 79.9. The highest BCUT2D eigenvalue weighted by molar-refractivity contribution is 9.10. The minimum Gasteiger partial charge on any atom is -0.354 e.